The number of unbranched alkanes of at least 4 members (excludes halogenated alkanes) is 1. The van der Waals surface area contributed by atoms with Gasteiger partial charge in [-0.1, -0.05) is 19.8 Å². The van der Waals surface area contributed by atoms with Gasteiger partial charge in [0.05, 0.1) is 0 Å². The zero-order valence-corrected chi connectivity index (χ0v) is 7.86. The van der Waals surface area contributed by atoms with E-state index in [1.807, 2.05) is 6.92 Å². The molecule has 0 aromatic carbocycles. The lowest BCUT2D eigenvalue weighted by molar-refractivity contribution is 0.610. The van der Waals surface area contributed by atoms with Crippen LogP contribution in [-0.4, -0.2) is 17.1 Å². The molecule has 3 nitrogen and oxygen atoms in total. The molecule has 5 heteroatoms. The molecule has 0 bridgehead atoms. The van der Waals surface area contributed by atoms with Crippen molar-refractivity contribution in [2.45, 2.75) is 25.8 Å². The average molecular weight is 167 g/mol. The highest BCUT2D eigenvalue weighted by atomic mass is 32.4. The first-order chi connectivity index (χ1) is 4.06. The molecule has 0 saturated heterocycles. The van der Waals surface area contributed by atoms with Crippen LogP contribution in [0.15, 0.2) is 0 Å². The van der Waals surface area contributed by atoms with Gasteiger partial charge in [0.2, 0.25) is 0 Å². The largest absolute Gasteiger partial charge is 0.235 e. The summed E-state index contributed by atoms with van der Waals surface area (Å²) in [6.45, 7) is 2.04. The monoisotopic (exact) mass is 167 g/mol. The van der Waals surface area contributed by atoms with Crippen LogP contribution in [0.3, 0.4) is 0 Å². The third-order valence-corrected chi connectivity index (χ3v) is 4.96. The molecule has 0 aliphatic heterocycles. The van der Waals surface area contributed by atoms with Gasteiger partial charge >= 0.3 is 0 Å². The van der Waals surface area contributed by atoms with Crippen molar-refractivity contribution >= 4 is 18.1 Å². The maximum Gasteiger partial charge on any atom is 0.183 e. The van der Waals surface area contributed by atoms with Crippen molar-refractivity contribution in [3.8, 4) is 0 Å². The SMILES string of the molecule is CCCC[SiH2]S(N)(=O)=O. The Morgan fingerprint density at radius 2 is 2.11 bits per heavy atom. The van der Waals surface area contributed by atoms with Crippen molar-refractivity contribution in [2.24, 2.45) is 5.14 Å². The summed E-state index contributed by atoms with van der Waals surface area (Å²) in [5.41, 5.74) is 0. The Bertz CT molecular complexity index is 154. The lowest BCUT2D eigenvalue weighted by atomic mass is 10.4. The smallest absolute Gasteiger partial charge is 0.183 e. The Morgan fingerprint density at radius 1 is 1.56 bits per heavy atom. The van der Waals surface area contributed by atoms with Gasteiger partial charge in [0.1, 0.15) is 0 Å². The summed E-state index contributed by atoms with van der Waals surface area (Å²) in [5.74, 6) is 0. The molecule has 0 atom stereocenters. The van der Waals surface area contributed by atoms with E-state index in [-0.39, 0.29) is 0 Å². The summed E-state index contributed by atoms with van der Waals surface area (Å²) in [4.78, 5) is 0. The highest BCUT2D eigenvalue weighted by Crippen LogP contribution is 1.94. The van der Waals surface area contributed by atoms with E-state index in [9.17, 15) is 8.42 Å². The van der Waals surface area contributed by atoms with Crippen LogP contribution in [0.1, 0.15) is 19.8 Å². The normalized spacial score (nSPS) is 13.1. The molecule has 56 valence electrons. The van der Waals surface area contributed by atoms with Crippen LogP contribution in [0.4, 0.5) is 0 Å². The molecule has 0 fully saturated rings. The average Bonchev–Trinajstić information content (AvgIpc) is 1.63. The van der Waals surface area contributed by atoms with Gasteiger partial charge in [0.15, 0.2) is 18.1 Å². The van der Waals surface area contributed by atoms with E-state index < -0.39 is 18.1 Å². The van der Waals surface area contributed by atoms with E-state index in [1.165, 1.54) is 0 Å². The Hall–Kier alpha value is 0.127. The summed E-state index contributed by atoms with van der Waals surface area (Å²) in [6, 6.07) is 0.829. The molecule has 0 spiro atoms. The molecule has 0 aliphatic rings. The summed E-state index contributed by atoms with van der Waals surface area (Å²) < 4.78 is 20.7. The van der Waals surface area contributed by atoms with Gasteiger partial charge in [-0.2, -0.15) is 0 Å². The Morgan fingerprint density at radius 3 is 2.44 bits per heavy atom. The predicted octanol–water partition coefficient (Wildman–Crippen LogP) is -0.423. The summed E-state index contributed by atoms with van der Waals surface area (Å²) in [6.07, 6.45) is 2.06. The lowest BCUT2D eigenvalue weighted by Crippen LogP contribution is -2.19. The Balaban J connectivity index is 3.30. The van der Waals surface area contributed by atoms with Gasteiger partial charge in [-0.05, 0) is 6.04 Å². The predicted molar refractivity (Wildman–Crippen MR) is 41.4 cm³/mol. The maximum absolute atomic E-state index is 10.3. The van der Waals surface area contributed by atoms with E-state index in [2.05, 4.69) is 0 Å². The molecule has 0 rings (SSSR count). The molecule has 0 aliphatic carbocycles. The molecule has 0 heterocycles. The molecule has 0 amide bonds. The van der Waals surface area contributed by atoms with E-state index >= 15 is 0 Å². The first kappa shape index (κ1) is 9.13. The lowest BCUT2D eigenvalue weighted by Gasteiger charge is -1.92. The van der Waals surface area contributed by atoms with Gasteiger partial charge in [-0.15, -0.1) is 0 Å². The number of rotatable bonds is 4. The van der Waals surface area contributed by atoms with Gasteiger partial charge in [0.25, 0.3) is 0 Å². The van der Waals surface area contributed by atoms with E-state index in [0.29, 0.717) is 0 Å². The fourth-order valence-corrected chi connectivity index (χ4v) is 3.48. The van der Waals surface area contributed by atoms with Crippen molar-refractivity contribution < 1.29 is 8.42 Å². The molecule has 0 aromatic heterocycles. The van der Waals surface area contributed by atoms with Crippen molar-refractivity contribution in [1.82, 2.24) is 0 Å². The fourth-order valence-electron chi connectivity index (χ4n) is 0.553. The topological polar surface area (TPSA) is 60.2 Å². The minimum atomic E-state index is -3.06. The first-order valence-electron chi connectivity index (χ1n) is 3.06. The van der Waals surface area contributed by atoms with Crippen LogP contribution in [0.2, 0.25) is 6.04 Å². The minimum Gasteiger partial charge on any atom is -0.235 e. The quantitative estimate of drug-likeness (QED) is 0.456. The zero-order valence-electron chi connectivity index (χ0n) is 5.63. The second-order valence-electron chi connectivity index (χ2n) is 2.07. The number of nitrogens with two attached hydrogens (primary N) is 1. The maximum atomic E-state index is 10.3. The summed E-state index contributed by atoms with van der Waals surface area (Å²) in [7, 11) is -4.07. The third kappa shape index (κ3) is 8.13. The van der Waals surface area contributed by atoms with Crippen LogP contribution in [-0.2, 0) is 9.47 Å². The fraction of sp³-hybridized carbons (Fsp3) is 1.00. The Kier molecular flexibility index (Phi) is 4.08. The first-order valence-corrected chi connectivity index (χ1v) is 7.51. The van der Waals surface area contributed by atoms with Crippen molar-refractivity contribution in [3.63, 3.8) is 0 Å². The standard InChI is InChI=1S/C4H13NO2SSi/c1-2-3-4-9-8(5,6)7/h2-4,9H2,1H3,(H2,5,6,7). The highest BCUT2D eigenvalue weighted by Gasteiger charge is 2.00. The van der Waals surface area contributed by atoms with Crippen molar-refractivity contribution in [2.75, 3.05) is 0 Å². The molecule has 0 aromatic rings. The molecule has 9 heavy (non-hydrogen) atoms. The van der Waals surface area contributed by atoms with Crippen molar-refractivity contribution in [3.05, 3.63) is 0 Å². The van der Waals surface area contributed by atoms with E-state index in [0.717, 1.165) is 18.9 Å². The molecule has 0 saturated carbocycles. The van der Waals surface area contributed by atoms with Crippen LogP contribution >= 0.6 is 0 Å². The van der Waals surface area contributed by atoms with Crippen LogP contribution < -0.4 is 5.14 Å². The second-order valence-corrected chi connectivity index (χ2v) is 8.15. The molecule has 2 N–H and O–H groups in total. The van der Waals surface area contributed by atoms with Crippen molar-refractivity contribution in [1.29, 1.82) is 0 Å². The van der Waals surface area contributed by atoms with Crippen LogP contribution in [0.5, 0.6) is 0 Å². The highest BCUT2D eigenvalue weighted by molar-refractivity contribution is 8.13. The molecular weight excluding hydrogens is 154 g/mol. The number of hydrogen-bond acceptors (Lipinski definition) is 2. The van der Waals surface area contributed by atoms with Gasteiger partial charge in [-0.25, -0.2) is 13.6 Å². The van der Waals surface area contributed by atoms with Gasteiger partial charge in [0, 0.05) is 0 Å². The van der Waals surface area contributed by atoms with Gasteiger partial charge in [-0.3, -0.25) is 0 Å². The zero-order chi connectivity index (χ0) is 7.33. The third-order valence-electron chi connectivity index (χ3n) is 1.03. The summed E-state index contributed by atoms with van der Waals surface area (Å²) in [5, 5.41) is 4.81. The molecule has 0 radical (unpaired) electrons. The van der Waals surface area contributed by atoms with Gasteiger partial charge < -0.3 is 0 Å². The van der Waals surface area contributed by atoms with Crippen LogP contribution in [0, 0.1) is 0 Å². The number of hydrogen-bond donors (Lipinski definition) is 1. The van der Waals surface area contributed by atoms with Crippen LogP contribution in [0.25, 0.3) is 0 Å². The molecule has 0 unspecified atom stereocenters. The Labute approximate surface area is 58.2 Å². The van der Waals surface area contributed by atoms with E-state index in [1.54, 1.807) is 0 Å². The van der Waals surface area contributed by atoms with E-state index in [4.69, 9.17) is 5.14 Å². The molecular formula is C4H13NO2SSi. The second kappa shape index (κ2) is 4.03. The minimum absolute atomic E-state index is 0.829. The summed E-state index contributed by atoms with van der Waals surface area (Å²) >= 11 is 0.